The Hall–Kier alpha value is -2.97. The molecule has 0 saturated carbocycles. The number of hydrogen-bond donors (Lipinski definition) is 1. The fraction of sp³-hybridized carbons (Fsp3) is 0.143. The van der Waals surface area contributed by atoms with Gasteiger partial charge in [0.15, 0.2) is 0 Å². The van der Waals surface area contributed by atoms with Gasteiger partial charge in [-0.2, -0.15) is 0 Å². The minimum atomic E-state index is -4.02. The molecular weight excluding hydrogens is 408 g/mol. The van der Waals surface area contributed by atoms with Crippen LogP contribution in [0.2, 0.25) is 0 Å². The maximum absolute atomic E-state index is 12.8. The number of benzene rings is 2. The molecule has 3 aromatic rings. The second-order valence-corrected chi connectivity index (χ2v) is 9.55. The molecule has 0 radical (unpaired) electrons. The Bertz CT molecular complexity index is 1170. The van der Waals surface area contributed by atoms with Crippen molar-refractivity contribution in [1.82, 2.24) is 9.62 Å². The second kappa shape index (κ2) is 7.46. The summed E-state index contributed by atoms with van der Waals surface area (Å²) in [4.78, 5) is 26.2. The van der Waals surface area contributed by atoms with Crippen molar-refractivity contribution >= 4 is 33.2 Å². The molecule has 2 aromatic carbocycles. The number of carbonyl (C=O) groups is 2. The van der Waals surface area contributed by atoms with Crippen LogP contribution in [0, 0.1) is 6.92 Å². The number of nitrogens with one attached hydrogen (secondary N) is 1. The van der Waals surface area contributed by atoms with E-state index in [2.05, 4.69) is 5.32 Å². The molecule has 0 fully saturated rings. The van der Waals surface area contributed by atoms with E-state index in [1.807, 2.05) is 48.7 Å². The van der Waals surface area contributed by atoms with Crippen LogP contribution in [0.4, 0.5) is 0 Å². The number of amides is 2. The van der Waals surface area contributed by atoms with Crippen molar-refractivity contribution in [2.45, 2.75) is 17.9 Å². The Morgan fingerprint density at radius 3 is 2.45 bits per heavy atom. The summed E-state index contributed by atoms with van der Waals surface area (Å²) in [7, 11) is -4.02. The third-order valence-electron chi connectivity index (χ3n) is 4.74. The van der Waals surface area contributed by atoms with Gasteiger partial charge in [-0.15, -0.1) is 11.3 Å². The largest absolute Gasteiger partial charge is 0.343 e. The van der Waals surface area contributed by atoms with E-state index in [1.165, 1.54) is 23.5 Å². The van der Waals surface area contributed by atoms with Gasteiger partial charge in [-0.05, 0) is 36.1 Å². The second-order valence-electron chi connectivity index (χ2n) is 6.74. The van der Waals surface area contributed by atoms with Gasteiger partial charge in [0.25, 0.3) is 15.9 Å². The van der Waals surface area contributed by atoms with Crippen LogP contribution < -0.4 is 5.32 Å². The highest BCUT2D eigenvalue weighted by Gasteiger charge is 2.42. The van der Waals surface area contributed by atoms with Crippen molar-refractivity contribution in [2.24, 2.45) is 0 Å². The first kappa shape index (κ1) is 19.4. The molecule has 6 nitrogen and oxygen atoms in total. The first-order chi connectivity index (χ1) is 13.9. The van der Waals surface area contributed by atoms with Crippen LogP contribution >= 0.6 is 11.3 Å². The highest BCUT2D eigenvalue weighted by Crippen LogP contribution is 2.30. The molecule has 1 aromatic heterocycles. The Kier molecular flexibility index (Phi) is 4.97. The molecule has 1 N–H and O–H groups in total. The average molecular weight is 427 g/mol. The van der Waals surface area contributed by atoms with Gasteiger partial charge in [0.2, 0.25) is 5.91 Å². The lowest BCUT2D eigenvalue weighted by Crippen LogP contribution is -2.41. The van der Waals surface area contributed by atoms with Crippen molar-refractivity contribution in [3.63, 3.8) is 0 Å². The van der Waals surface area contributed by atoms with Crippen LogP contribution in [-0.2, 0) is 14.8 Å². The van der Waals surface area contributed by atoms with E-state index in [9.17, 15) is 18.0 Å². The number of carbonyl (C=O) groups excluding carboxylic acids is 2. The summed E-state index contributed by atoms with van der Waals surface area (Å²) in [5.41, 5.74) is 2.07. The van der Waals surface area contributed by atoms with Crippen LogP contribution in [0.5, 0.6) is 0 Å². The highest BCUT2D eigenvalue weighted by molar-refractivity contribution is 7.90. The standard InChI is InChI=1S/C21H18N2O4S2/c1-14-8-10-15(11-9-14)20(17-6-4-12-28-17)22-19(24)13-23-21(25)16-5-2-3-7-18(16)29(23,26)27/h2-12,20H,13H2,1H3,(H,22,24). The number of hydrogen-bond acceptors (Lipinski definition) is 5. The number of aryl methyl sites for hydroxylation is 1. The van der Waals surface area contributed by atoms with Crippen LogP contribution in [0.3, 0.4) is 0 Å². The van der Waals surface area contributed by atoms with Gasteiger partial charge >= 0.3 is 0 Å². The molecule has 148 valence electrons. The topological polar surface area (TPSA) is 83.6 Å². The fourth-order valence-electron chi connectivity index (χ4n) is 3.26. The smallest absolute Gasteiger partial charge is 0.269 e. The van der Waals surface area contributed by atoms with Crippen LogP contribution in [0.25, 0.3) is 0 Å². The van der Waals surface area contributed by atoms with E-state index >= 15 is 0 Å². The van der Waals surface area contributed by atoms with Gasteiger partial charge in [-0.25, -0.2) is 12.7 Å². The van der Waals surface area contributed by atoms with Gasteiger partial charge in [0.1, 0.15) is 11.4 Å². The number of sulfonamides is 1. The van der Waals surface area contributed by atoms with Crippen molar-refractivity contribution in [2.75, 3.05) is 6.54 Å². The van der Waals surface area contributed by atoms with Crippen LogP contribution in [-0.4, -0.2) is 31.1 Å². The molecule has 0 saturated heterocycles. The predicted molar refractivity (Wildman–Crippen MR) is 110 cm³/mol. The van der Waals surface area contributed by atoms with Gasteiger partial charge < -0.3 is 5.32 Å². The molecule has 4 rings (SSSR count). The number of thiophene rings is 1. The van der Waals surface area contributed by atoms with Crippen molar-refractivity contribution < 1.29 is 18.0 Å². The SMILES string of the molecule is Cc1ccc(C(NC(=O)CN2C(=O)c3ccccc3S2(=O)=O)c2cccs2)cc1. The lowest BCUT2D eigenvalue weighted by molar-refractivity contribution is -0.121. The monoisotopic (exact) mass is 426 g/mol. The van der Waals surface area contributed by atoms with Crippen molar-refractivity contribution in [3.8, 4) is 0 Å². The van der Waals surface area contributed by atoms with Crippen LogP contribution in [0.15, 0.2) is 70.9 Å². The molecule has 0 spiro atoms. The molecule has 1 atom stereocenters. The highest BCUT2D eigenvalue weighted by atomic mass is 32.2. The predicted octanol–water partition coefficient (Wildman–Crippen LogP) is 3.11. The summed E-state index contributed by atoms with van der Waals surface area (Å²) in [6, 6.07) is 17.1. The van der Waals surface area contributed by atoms with Gasteiger partial charge in [-0.1, -0.05) is 48.0 Å². The third kappa shape index (κ3) is 3.56. The van der Waals surface area contributed by atoms with E-state index in [0.717, 1.165) is 16.0 Å². The molecule has 8 heteroatoms. The fourth-order valence-corrected chi connectivity index (χ4v) is 5.59. The Morgan fingerprint density at radius 1 is 1.07 bits per heavy atom. The zero-order valence-corrected chi connectivity index (χ0v) is 17.2. The van der Waals surface area contributed by atoms with E-state index in [4.69, 9.17) is 0 Å². The normalized spacial score (nSPS) is 15.8. The first-order valence-electron chi connectivity index (χ1n) is 8.93. The first-order valence-corrected chi connectivity index (χ1v) is 11.3. The van der Waals surface area contributed by atoms with Gasteiger partial charge in [-0.3, -0.25) is 9.59 Å². The quantitative estimate of drug-likeness (QED) is 0.680. The van der Waals surface area contributed by atoms with Crippen LogP contribution in [0.1, 0.15) is 32.4 Å². The molecule has 2 amide bonds. The molecule has 29 heavy (non-hydrogen) atoms. The third-order valence-corrected chi connectivity index (χ3v) is 7.47. The maximum Gasteiger partial charge on any atom is 0.269 e. The van der Waals surface area contributed by atoms with E-state index in [-0.39, 0.29) is 10.5 Å². The minimum Gasteiger partial charge on any atom is -0.343 e. The van der Waals surface area contributed by atoms with E-state index in [0.29, 0.717) is 4.31 Å². The summed E-state index contributed by atoms with van der Waals surface area (Å²) >= 11 is 1.49. The zero-order valence-electron chi connectivity index (χ0n) is 15.5. The zero-order chi connectivity index (χ0) is 20.6. The van der Waals surface area contributed by atoms with Crippen molar-refractivity contribution in [1.29, 1.82) is 0 Å². The molecule has 0 aliphatic carbocycles. The molecular formula is C21H18N2O4S2. The molecule has 1 aliphatic heterocycles. The van der Waals surface area contributed by atoms with E-state index in [1.54, 1.807) is 12.1 Å². The summed E-state index contributed by atoms with van der Waals surface area (Å²) in [5, 5.41) is 4.79. The van der Waals surface area contributed by atoms with Crippen molar-refractivity contribution in [3.05, 3.63) is 87.6 Å². The Morgan fingerprint density at radius 2 is 1.79 bits per heavy atom. The summed E-state index contributed by atoms with van der Waals surface area (Å²) < 4.78 is 26.0. The maximum atomic E-state index is 12.8. The Balaban J connectivity index is 1.58. The number of nitrogens with zero attached hydrogens (tertiary/aromatic N) is 1. The number of rotatable bonds is 5. The molecule has 2 heterocycles. The molecule has 0 bridgehead atoms. The average Bonchev–Trinajstić information content (AvgIpc) is 3.30. The van der Waals surface area contributed by atoms with Gasteiger partial charge in [0, 0.05) is 4.88 Å². The summed E-state index contributed by atoms with van der Waals surface area (Å²) in [6.07, 6.45) is 0. The summed E-state index contributed by atoms with van der Waals surface area (Å²) in [5.74, 6) is -1.23. The number of fused-ring (bicyclic) bond motifs is 1. The Labute approximate surface area is 172 Å². The minimum absolute atomic E-state index is 0.0638. The molecule has 1 aliphatic rings. The van der Waals surface area contributed by atoms with E-state index < -0.39 is 34.4 Å². The molecule has 1 unspecified atom stereocenters. The lowest BCUT2D eigenvalue weighted by atomic mass is 10.0. The summed E-state index contributed by atoms with van der Waals surface area (Å²) in [6.45, 7) is 1.41. The lowest BCUT2D eigenvalue weighted by Gasteiger charge is -2.21. The van der Waals surface area contributed by atoms with Gasteiger partial charge in [0.05, 0.1) is 11.6 Å².